The van der Waals surface area contributed by atoms with Crippen LogP contribution in [0, 0.1) is 19.8 Å². The molecule has 1 aliphatic heterocycles. The molecule has 2 heterocycles. The molecule has 1 unspecified atom stereocenters. The zero-order chi connectivity index (χ0) is 26.3. The molecule has 1 N–H and O–H groups in total. The van der Waals surface area contributed by atoms with Gasteiger partial charge in [-0.25, -0.2) is 18.7 Å². The molecule has 2 aromatic rings. The number of ether oxygens (including phenoxy) is 1. The molecule has 1 aromatic heterocycles. The van der Waals surface area contributed by atoms with Gasteiger partial charge in [-0.2, -0.15) is 8.42 Å². The number of rotatable bonds is 7. The lowest BCUT2D eigenvalue weighted by molar-refractivity contribution is -0.846. The predicted octanol–water partition coefficient (Wildman–Crippen LogP) is 4.24. The van der Waals surface area contributed by atoms with E-state index < -0.39 is 16.2 Å². The van der Waals surface area contributed by atoms with Crippen molar-refractivity contribution in [1.29, 1.82) is 0 Å². The van der Waals surface area contributed by atoms with Gasteiger partial charge >= 0.3 is 6.16 Å². The molecule has 0 amide bonds. The van der Waals surface area contributed by atoms with Crippen LogP contribution in [0.1, 0.15) is 61.8 Å². The summed E-state index contributed by atoms with van der Waals surface area (Å²) in [4.78, 5) is 22.3. The fourth-order valence-corrected chi connectivity index (χ4v) is 8.42. The molecule has 1 aliphatic carbocycles. The Labute approximate surface area is 213 Å². The van der Waals surface area contributed by atoms with Crippen LogP contribution in [0.25, 0.3) is 0 Å². The molecule has 10 heteroatoms. The first kappa shape index (κ1) is 26.3. The van der Waals surface area contributed by atoms with Crippen molar-refractivity contribution in [3.8, 4) is 5.75 Å². The van der Waals surface area contributed by atoms with E-state index in [2.05, 4.69) is 14.9 Å². The number of fused-ring (bicyclic) bond motifs is 1. The van der Waals surface area contributed by atoms with E-state index in [0.717, 1.165) is 34.9 Å². The molecule has 0 radical (unpaired) electrons. The topological polar surface area (TPSA) is 110 Å². The van der Waals surface area contributed by atoms with E-state index in [9.17, 15) is 13.2 Å². The van der Waals surface area contributed by atoms with E-state index in [1.54, 1.807) is 12.1 Å². The smallest absolute Gasteiger partial charge is 0.449 e. The van der Waals surface area contributed by atoms with Crippen LogP contribution in [0.3, 0.4) is 0 Å². The van der Waals surface area contributed by atoms with Crippen molar-refractivity contribution in [3.05, 3.63) is 46.9 Å². The molecule has 1 saturated heterocycles. The summed E-state index contributed by atoms with van der Waals surface area (Å²) >= 11 is 0. The van der Waals surface area contributed by atoms with Gasteiger partial charge in [0.25, 0.3) is 10.0 Å². The Morgan fingerprint density at radius 1 is 1.17 bits per heavy atom. The van der Waals surface area contributed by atoms with E-state index >= 15 is 0 Å². The molecule has 1 fully saturated rings. The van der Waals surface area contributed by atoms with Crippen LogP contribution in [0.4, 0.5) is 10.6 Å². The lowest BCUT2D eigenvalue weighted by Gasteiger charge is -2.47. The minimum Gasteiger partial charge on any atom is -0.449 e. The summed E-state index contributed by atoms with van der Waals surface area (Å²) in [6.45, 7) is 9.14. The highest BCUT2D eigenvalue weighted by Gasteiger charge is 2.53. The van der Waals surface area contributed by atoms with Crippen molar-refractivity contribution in [3.63, 3.8) is 0 Å². The molecule has 36 heavy (non-hydrogen) atoms. The third kappa shape index (κ3) is 5.06. The summed E-state index contributed by atoms with van der Waals surface area (Å²) in [5.41, 5.74) is 2.86. The largest absolute Gasteiger partial charge is 0.511 e. The maximum absolute atomic E-state index is 14.1. The molecule has 4 rings (SSSR count). The van der Waals surface area contributed by atoms with E-state index in [1.807, 2.05) is 46.9 Å². The number of carbonyl (C=O) groups is 1. The van der Waals surface area contributed by atoms with Crippen LogP contribution in [0.2, 0.25) is 0 Å². The molecule has 9 nitrogen and oxygen atoms in total. The standard InChI is InChI=1S/C26H36N4O5S/c1-17(2)16-36(33,34)30(5,24-9-7-20-6-8-22(15-23(20)24)35-26(31)32)21-10-12-29(13-11-21)25-14-18(3)27-19(4)28-25/h6,8,14-15,17,21,24H,7,9-13,16H2,1-5H3/p+1/t24-,30?/m1/s1. The predicted molar refractivity (Wildman–Crippen MR) is 138 cm³/mol. The normalized spacial score (nSPS) is 20.3. The van der Waals surface area contributed by atoms with Gasteiger partial charge in [-0.15, -0.1) is 0 Å². The van der Waals surface area contributed by atoms with Crippen molar-refractivity contribution < 1.29 is 26.9 Å². The number of carboxylic acid groups (broad SMARTS) is 1. The summed E-state index contributed by atoms with van der Waals surface area (Å²) in [7, 11) is -1.67. The van der Waals surface area contributed by atoms with Crippen LogP contribution in [0.5, 0.6) is 5.75 Å². The number of hydrogen-bond donors (Lipinski definition) is 1. The zero-order valence-electron chi connectivity index (χ0n) is 21.8. The average Bonchev–Trinajstić information content (AvgIpc) is 3.20. The van der Waals surface area contributed by atoms with E-state index in [1.165, 1.54) is 0 Å². The summed E-state index contributed by atoms with van der Waals surface area (Å²) in [5, 5.41) is 9.09. The highest BCUT2D eigenvalue weighted by Crippen LogP contribution is 2.47. The Bertz CT molecular complexity index is 1220. The van der Waals surface area contributed by atoms with Gasteiger partial charge in [0.15, 0.2) is 0 Å². The lowest BCUT2D eigenvalue weighted by Crippen LogP contribution is -2.61. The fourth-order valence-electron chi connectivity index (χ4n) is 5.98. The molecule has 2 atom stereocenters. The number of benzene rings is 1. The number of anilines is 1. The SMILES string of the molecule is Cc1cc(N2CCC([N+](C)([C@@H]3CCc4ccc(OC(=O)O)cc43)S(=O)(=O)CC(C)C)CC2)nc(C)n1. The molecular weight excluding hydrogens is 480 g/mol. The molecular formula is C26H37N4O5S+. The number of aromatic nitrogens is 2. The van der Waals surface area contributed by atoms with Crippen molar-refractivity contribution in [2.45, 2.75) is 65.5 Å². The maximum atomic E-state index is 14.1. The monoisotopic (exact) mass is 517 g/mol. The molecule has 1 aromatic carbocycles. The second-order valence-corrected chi connectivity index (χ2v) is 12.9. The van der Waals surface area contributed by atoms with Gasteiger partial charge in [-0.1, -0.05) is 19.9 Å². The second kappa shape index (κ2) is 9.97. The van der Waals surface area contributed by atoms with Crippen LogP contribution in [-0.4, -0.2) is 65.5 Å². The highest BCUT2D eigenvalue weighted by molar-refractivity contribution is 7.85. The maximum Gasteiger partial charge on any atom is 0.511 e. The molecule has 0 saturated carbocycles. The first-order valence-electron chi connectivity index (χ1n) is 12.6. The van der Waals surface area contributed by atoms with Crippen molar-refractivity contribution in [2.75, 3.05) is 30.8 Å². The van der Waals surface area contributed by atoms with Crippen LogP contribution < -0.4 is 9.64 Å². The van der Waals surface area contributed by atoms with Gasteiger partial charge in [0.2, 0.25) is 0 Å². The fraction of sp³-hybridized carbons (Fsp3) is 0.577. The second-order valence-electron chi connectivity index (χ2n) is 10.6. The van der Waals surface area contributed by atoms with Crippen molar-refractivity contribution in [2.24, 2.45) is 5.92 Å². The number of hydrogen-bond acceptors (Lipinski definition) is 7. The van der Waals surface area contributed by atoms with Crippen molar-refractivity contribution >= 4 is 22.0 Å². The summed E-state index contributed by atoms with van der Waals surface area (Å²) in [6, 6.07) is 6.86. The Morgan fingerprint density at radius 3 is 2.47 bits per heavy atom. The van der Waals surface area contributed by atoms with Crippen LogP contribution >= 0.6 is 0 Å². The van der Waals surface area contributed by atoms with Gasteiger partial charge < -0.3 is 14.7 Å². The number of quaternary nitrogens is 1. The van der Waals surface area contributed by atoms with Gasteiger partial charge in [-0.05, 0) is 43.9 Å². The first-order chi connectivity index (χ1) is 16.9. The molecule has 0 spiro atoms. The Morgan fingerprint density at radius 2 is 1.86 bits per heavy atom. The van der Waals surface area contributed by atoms with Crippen LogP contribution in [0.15, 0.2) is 24.3 Å². The molecule has 0 bridgehead atoms. The quantitative estimate of drug-likeness (QED) is 0.330. The van der Waals surface area contributed by atoms with Gasteiger partial charge in [0.05, 0.1) is 7.05 Å². The molecule has 196 valence electrons. The van der Waals surface area contributed by atoms with Crippen molar-refractivity contribution in [1.82, 2.24) is 9.97 Å². The highest BCUT2D eigenvalue weighted by atomic mass is 32.2. The lowest BCUT2D eigenvalue weighted by atomic mass is 9.99. The number of aryl methyl sites for hydroxylation is 3. The number of piperidine rings is 1. The summed E-state index contributed by atoms with van der Waals surface area (Å²) in [5.74, 6) is 1.95. The Kier molecular flexibility index (Phi) is 7.30. The minimum atomic E-state index is -3.54. The van der Waals surface area contributed by atoms with Gasteiger partial charge in [0, 0.05) is 49.7 Å². The number of sulfonamides is 1. The number of nitrogens with zero attached hydrogens (tertiary/aromatic N) is 4. The Balaban J connectivity index is 1.68. The third-order valence-electron chi connectivity index (χ3n) is 7.60. The first-order valence-corrected chi connectivity index (χ1v) is 14.2. The molecule has 2 aliphatic rings. The third-order valence-corrected chi connectivity index (χ3v) is 10.4. The zero-order valence-corrected chi connectivity index (χ0v) is 22.6. The minimum absolute atomic E-state index is 0.00191. The van der Waals surface area contributed by atoms with E-state index in [-0.39, 0.29) is 33.4 Å². The summed E-state index contributed by atoms with van der Waals surface area (Å²) in [6.07, 6.45) is 1.51. The van der Waals surface area contributed by atoms with Crippen LogP contribution in [-0.2, 0) is 16.4 Å². The van der Waals surface area contributed by atoms with Gasteiger partial charge in [-0.3, -0.25) is 0 Å². The average molecular weight is 518 g/mol. The summed E-state index contributed by atoms with van der Waals surface area (Å²) < 4.78 is 33.0. The van der Waals surface area contributed by atoms with E-state index in [4.69, 9.17) is 9.84 Å². The Hall–Kier alpha value is -2.72. The van der Waals surface area contributed by atoms with Gasteiger partial charge in [0.1, 0.15) is 35.2 Å². The van der Waals surface area contributed by atoms with E-state index in [0.29, 0.717) is 32.4 Å².